The number of aromatic nitrogens is 3. The van der Waals surface area contributed by atoms with Crippen molar-refractivity contribution in [1.29, 1.82) is 0 Å². The van der Waals surface area contributed by atoms with Gasteiger partial charge in [0.1, 0.15) is 22.3 Å². The zero-order valence-corrected chi connectivity index (χ0v) is 28.9. The molecule has 0 aliphatic rings. The maximum Gasteiger partial charge on any atom is 0.167 e. The predicted molar refractivity (Wildman–Crippen MR) is 219 cm³/mol. The fourth-order valence-electron chi connectivity index (χ4n) is 7.90. The molecular weight excluding hydrogens is 663 g/mol. The molecular formula is C49H29N3O2. The smallest absolute Gasteiger partial charge is 0.167 e. The number of hydrogen-bond donors (Lipinski definition) is 0. The lowest BCUT2D eigenvalue weighted by Gasteiger charge is -2.13. The molecule has 11 rings (SSSR count). The molecule has 0 saturated carbocycles. The number of benzene rings is 8. The third-order valence-electron chi connectivity index (χ3n) is 10.4. The van der Waals surface area contributed by atoms with Gasteiger partial charge in [-0.1, -0.05) is 152 Å². The van der Waals surface area contributed by atoms with Gasteiger partial charge in [-0.3, -0.25) is 0 Å². The standard InChI is InChI=1S/C49H29N3O2/c1-3-15-30(16-4-1)32-19-7-10-23-37(32)47-50-48(52-49(51-47)39-26-13-24-36-34-21-11-12-27-42(34)53-45(36)39)38-25-14-28-43-44(38)41-29-40(31-17-5-2-6-18-31)33-20-8-9-22-35(33)46(41)54-43/h1-29H. The van der Waals surface area contributed by atoms with Crippen molar-refractivity contribution in [1.82, 2.24) is 15.0 Å². The molecule has 11 aromatic rings. The summed E-state index contributed by atoms with van der Waals surface area (Å²) in [5.74, 6) is 1.65. The Balaban J connectivity index is 1.22. The van der Waals surface area contributed by atoms with Crippen LogP contribution in [0.2, 0.25) is 0 Å². The Morgan fingerprint density at radius 3 is 1.56 bits per heavy atom. The van der Waals surface area contributed by atoms with E-state index in [4.69, 9.17) is 23.8 Å². The maximum absolute atomic E-state index is 6.73. The van der Waals surface area contributed by atoms with Crippen LogP contribution in [0.1, 0.15) is 0 Å². The van der Waals surface area contributed by atoms with E-state index >= 15 is 0 Å². The Labute approximate surface area is 309 Å². The first kappa shape index (κ1) is 30.3. The molecule has 3 heterocycles. The summed E-state index contributed by atoms with van der Waals surface area (Å²) in [4.78, 5) is 15.8. The van der Waals surface area contributed by atoms with Gasteiger partial charge in [-0.2, -0.15) is 0 Å². The van der Waals surface area contributed by atoms with Crippen molar-refractivity contribution >= 4 is 54.6 Å². The van der Waals surface area contributed by atoms with Crippen molar-refractivity contribution in [2.45, 2.75) is 0 Å². The van der Waals surface area contributed by atoms with Crippen molar-refractivity contribution in [2.24, 2.45) is 0 Å². The number of nitrogens with zero attached hydrogens (tertiary/aromatic N) is 3. The van der Waals surface area contributed by atoms with Crippen LogP contribution in [0.5, 0.6) is 0 Å². The summed E-state index contributed by atoms with van der Waals surface area (Å²) in [6.45, 7) is 0. The minimum Gasteiger partial charge on any atom is -0.455 e. The molecule has 3 aromatic heterocycles. The topological polar surface area (TPSA) is 65.0 Å². The van der Waals surface area contributed by atoms with Gasteiger partial charge in [-0.15, -0.1) is 0 Å². The first-order valence-corrected chi connectivity index (χ1v) is 18.0. The summed E-state index contributed by atoms with van der Waals surface area (Å²) >= 11 is 0. The van der Waals surface area contributed by atoms with Gasteiger partial charge >= 0.3 is 0 Å². The normalized spacial score (nSPS) is 11.7. The number of fused-ring (bicyclic) bond motifs is 8. The highest BCUT2D eigenvalue weighted by Crippen LogP contribution is 2.44. The van der Waals surface area contributed by atoms with Crippen LogP contribution in [-0.4, -0.2) is 15.0 Å². The van der Waals surface area contributed by atoms with Crippen molar-refractivity contribution in [3.8, 4) is 56.4 Å². The van der Waals surface area contributed by atoms with E-state index < -0.39 is 0 Å². The SMILES string of the molecule is c1ccc(-c2ccccc2-c2nc(-c3cccc4c3oc3ccccc34)nc(-c3cccc4oc5c6ccccc6c(-c6ccccc6)cc5c34)n2)cc1. The Morgan fingerprint density at radius 1 is 0.296 bits per heavy atom. The molecule has 54 heavy (non-hydrogen) atoms. The molecule has 0 fully saturated rings. The minimum absolute atomic E-state index is 0.530. The molecule has 0 radical (unpaired) electrons. The third kappa shape index (κ3) is 4.76. The van der Waals surface area contributed by atoms with Crippen LogP contribution in [-0.2, 0) is 0 Å². The van der Waals surface area contributed by atoms with Crippen molar-refractivity contribution < 1.29 is 8.83 Å². The van der Waals surface area contributed by atoms with Gasteiger partial charge in [-0.05, 0) is 51.9 Å². The van der Waals surface area contributed by atoms with E-state index in [1.807, 2.05) is 60.7 Å². The van der Waals surface area contributed by atoms with E-state index in [1.165, 1.54) is 0 Å². The Kier molecular flexibility index (Phi) is 6.79. The first-order valence-electron chi connectivity index (χ1n) is 18.0. The second kappa shape index (κ2) is 12.1. The summed E-state index contributed by atoms with van der Waals surface area (Å²) in [5, 5.41) is 6.22. The second-order valence-electron chi connectivity index (χ2n) is 13.5. The molecule has 0 atom stereocenters. The van der Waals surface area contributed by atoms with Gasteiger partial charge in [0.2, 0.25) is 0 Å². The zero-order valence-electron chi connectivity index (χ0n) is 28.9. The molecule has 0 bridgehead atoms. The van der Waals surface area contributed by atoms with Crippen LogP contribution in [0.4, 0.5) is 0 Å². The predicted octanol–water partition coefficient (Wildman–Crippen LogP) is 13.2. The molecule has 252 valence electrons. The van der Waals surface area contributed by atoms with Crippen LogP contribution < -0.4 is 0 Å². The number of hydrogen-bond acceptors (Lipinski definition) is 5. The lowest BCUT2D eigenvalue weighted by Crippen LogP contribution is -2.01. The number of para-hydroxylation sites is 2. The molecule has 0 spiro atoms. The van der Waals surface area contributed by atoms with E-state index in [0.717, 1.165) is 93.6 Å². The molecule has 8 aromatic carbocycles. The molecule has 5 heteroatoms. The highest BCUT2D eigenvalue weighted by molar-refractivity contribution is 6.22. The lowest BCUT2D eigenvalue weighted by molar-refractivity contribution is 0.669. The van der Waals surface area contributed by atoms with Gasteiger partial charge in [0.15, 0.2) is 17.5 Å². The van der Waals surface area contributed by atoms with E-state index in [1.54, 1.807) is 0 Å². The van der Waals surface area contributed by atoms with E-state index in [9.17, 15) is 0 Å². The van der Waals surface area contributed by atoms with Gasteiger partial charge in [-0.25, -0.2) is 15.0 Å². The lowest BCUT2D eigenvalue weighted by atomic mass is 9.94. The number of furan rings is 2. The fourth-order valence-corrected chi connectivity index (χ4v) is 7.90. The molecule has 0 aliphatic heterocycles. The first-order chi connectivity index (χ1) is 26.8. The van der Waals surface area contributed by atoms with Crippen LogP contribution in [0.25, 0.3) is 111 Å². The van der Waals surface area contributed by atoms with Crippen LogP contribution in [0.15, 0.2) is 185 Å². The monoisotopic (exact) mass is 691 g/mol. The van der Waals surface area contributed by atoms with Gasteiger partial charge in [0.05, 0.1) is 5.56 Å². The summed E-state index contributed by atoms with van der Waals surface area (Å²) in [7, 11) is 0. The largest absolute Gasteiger partial charge is 0.455 e. The average molecular weight is 692 g/mol. The molecule has 5 nitrogen and oxygen atoms in total. The fraction of sp³-hybridized carbons (Fsp3) is 0. The van der Waals surface area contributed by atoms with Gasteiger partial charge in [0.25, 0.3) is 0 Å². The summed E-state index contributed by atoms with van der Waals surface area (Å²) in [6.07, 6.45) is 0. The van der Waals surface area contributed by atoms with E-state index in [-0.39, 0.29) is 0 Å². The second-order valence-corrected chi connectivity index (χ2v) is 13.5. The zero-order chi connectivity index (χ0) is 35.6. The van der Waals surface area contributed by atoms with E-state index in [0.29, 0.717) is 17.5 Å². The highest BCUT2D eigenvalue weighted by Gasteiger charge is 2.23. The van der Waals surface area contributed by atoms with Crippen molar-refractivity contribution in [2.75, 3.05) is 0 Å². The Morgan fingerprint density at radius 2 is 0.778 bits per heavy atom. The molecule has 0 N–H and O–H groups in total. The van der Waals surface area contributed by atoms with Crippen LogP contribution >= 0.6 is 0 Å². The maximum atomic E-state index is 6.73. The van der Waals surface area contributed by atoms with Crippen molar-refractivity contribution in [3.63, 3.8) is 0 Å². The average Bonchev–Trinajstić information content (AvgIpc) is 3.83. The van der Waals surface area contributed by atoms with Gasteiger partial charge in [0, 0.05) is 38.1 Å². The Hall–Kier alpha value is -7.37. The summed E-state index contributed by atoms with van der Waals surface area (Å²) < 4.78 is 13.2. The van der Waals surface area contributed by atoms with Crippen LogP contribution in [0.3, 0.4) is 0 Å². The van der Waals surface area contributed by atoms with E-state index in [2.05, 4.69) is 115 Å². The third-order valence-corrected chi connectivity index (χ3v) is 10.4. The quantitative estimate of drug-likeness (QED) is 0.180. The molecule has 0 aliphatic carbocycles. The van der Waals surface area contributed by atoms with Crippen molar-refractivity contribution in [3.05, 3.63) is 176 Å². The minimum atomic E-state index is 0.530. The molecule has 0 saturated heterocycles. The Bertz CT molecular complexity index is 3220. The molecule has 0 amide bonds. The highest BCUT2D eigenvalue weighted by atomic mass is 16.3. The van der Waals surface area contributed by atoms with Gasteiger partial charge < -0.3 is 8.83 Å². The van der Waals surface area contributed by atoms with Crippen LogP contribution in [0, 0.1) is 0 Å². The number of rotatable bonds is 5. The summed E-state index contributed by atoms with van der Waals surface area (Å²) in [6, 6.07) is 60.3. The molecule has 0 unspecified atom stereocenters. The summed E-state index contributed by atoms with van der Waals surface area (Å²) in [5.41, 5.74) is 10.1.